The second-order valence-electron chi connectivity index (χ2n) is 4.73. The zero-order chi connectivity index (χ0) is 14.6. The fourth-order valence-electron chi connectivity index (χ4n) is 1.71. The second-order valence-corrected chi connectivity index (χ2v) is 6.30. The molecule has 115 valence electrons. The maximum absolute atomic E-state index is 11.1. The molecule has 0 spiro atoms. The van der Waals surface area contributed by atoms with Crippen LogP contribution in [0.3, 0.4) is 0 Å². The van der Waals surface area contributed by atoms with E-state index < -0.39 is 21.8 Å². The Labute approximate surface area is 144 Å². The van der Waals surface area contributed by atoms with Crippen LogP contribution in [0.2, 0.25) is 0 Å². The Morgan fingerprint density at radius 1 is 1.00 bits per heavy atom. The molecule has 0 aromatic carbocycles. The van der Waals surface area contributed by atoms with Crippen LogP contribution in [0.15, 0.2) is 0 Å². The minimum atomic E-state index is -4.07. The van der Waals surface area contributed by atoms with Crippen molar-refractivity contribution < 1.29 is 22.5 Å². The van der Waals surface area contributed by atoms with E-state index in [9.17, 15) is 13.2 Å². The summed E-state index contributed by atoms with van der Waals surface area (Å²) in [6, 6.07) is 0. The molecule has 20 heavy (non-hydrogen) atoms. The van der Waals surface area contributed by atoms with E-state index in [0.717, 1.165) is 19.3 Å². The molecule has 1 N–H and O–H groups in total. The predicted molar refractivity (Wildman–Crippen MR) is 80.4 cm³/mol. The van der Waals surface area contributed by atoms with Gasteiger partial charge in [-0.3, -0.25) is 9.35 Å². The van der Waals surface area contributed by atoms with Crippen molar-refractivity contribution in [3.8, 4) is 0 Å². The van der Waals surface area contributed by atoms with Crippen molar-refractivity contribution in [1.82, 2.24) is 0 Å². The molecule has 1 radical (unpaired) electrons. The van der Waals surface area contributed by atoms with Crippen LogP contribution in [0.25, 0.3) is 0 Å². The molecule has 0 rings (SSSR count). The molecule has 7 heteroatoms. The molecule has 0 fully saturated rings. The maximum atomic E-state index is 11.1. The predicted octanol–water partition coefficient (Wildman–Crippen LogP) is 2.57. The molecule has 0 saturated carbocycles. The largest absolute Gasteiger partial charge is 0.466 e. The van der Waals surface area contributed by atoms with E-state index in [2.05, 4.69) is 6.92 Å². The van der Waals surface area contributed by atoms with Crippen molar-refractivity contribution in [2.75, 3.05) is 12.4 Å². The number of rotatable bonds is 12. The van der Waals surface area contributed by atoms with Crippen molar-refractivity contribution in [2.24, 2.45) is 0 Å². The van der Waals surface area contributed by atoms with Crippen molar-refractivity contribution in [3.63, 3.8) is 0 Å². The summed E-state index contributed by atoms with van der Waals surface area (Å²) < 4.78 is 34.1. The maximum Gasteiger partial charge on any atom is 0.306 e. The Bertz CT molecular complexity index is 330. The van der Waals surface area contributed by atoms with Crippen LogP contribution in [0.5, 0.6) is 0 Å². The molecular formula is C13H26NaO5S. The Balaban J connectivity index is 0. The minimum Gasteiger partial charge on any atom is -0.466 e. The number of hydrogen-bond acceptors (Lipinski definition) is 4. The summed E-state index contributed by atoms with van der Waals surface area (Å²) in [7, 11) is -4.07. The Hall–Kier alpha value is 0.380. The van der Waals surface area contributed by atoms with Gasteiger partial charge in [-0.1, -0.05) is 51.9 Å². The Kier molecular flexibility index (Phi) is 16.2. The monoisotopic (exact) mass is 317 g/mol. The molecule has 0 aliphatic carbocycles. The smallest absolute Gasteiger partial charge is 0.306 e. The summed E-state index contributed by atoms with van der Waals surface area (Å²) in [5.41, 5.74) is 0. The first kappa shape index (κ1) is 22.7. The molecule has 0 aliphatic heterocycles. The first-order chi connectivity index (χ1) is 8.95. The van der Waals surface area contributed by atoms with Crippen LogP contribution in [-0.2, 0) is 19.6 Å². The number of hydrogen-bond donors (Lipinski definition) is 1. The van der Waals surface area contributed by atoms with Crippen molar-refractivity contribution >= 4 is 45.6 Å². The molecule has 0 aromatic heterocycles. The summed E-state index contributed by atoms with van der Waals surface area (Å²) in [6.45, 7) is 2.52. The third kappa shape index (κ3) is 18.4. The zero-order valence-corrected chi connectivity index (χ0v) is 15.6. The average Bonchev–Trinajstić information content (AvgIpc) is 2.33. The number of esters is 1. The van der Waals surface area contributed by atoms with E-state index in [1.807, 2.05) is 0 Å². The summed E-state index contributed by atoms with van der Waals surface area (Å²) in [6.07, 6.45) is 9.02. The number of ether oxygens (including phenoxy) is 1. The van der Waals surface area contributed by atoms with Gasteiger partial charge in [-0.2, -0.15) is 8.42 Å². The van der Waals surface area contributed by atoms with E-state index in [4.69, 9.17) is 9.29 Å². The third-order valence-corrected chi connectivity index (χ3v) is 3.55. The quantitative estimate of drug-likeness (QED) is 0.259. The van der Waals surface area contributed by atoms with Gasteiger partial charge in [-0.15, -0.1) is 0 Å². The van der Waals surface area contributed by atoms with Gasteiger partial charge in [0.2, 0.25) is 0 Å². The van der Waals surface area contributed by atoms with Gasteiger partial charge < -0.3 is 4.74 Å². The molecular weight excluding hydrogens is 291 g/mol. The zero-order valence-electron chi connectivity index (χ0n) is 12.8. The molecule has 0 aromatic rings. The van der Waals surface area contributed by atoms with Crippen LogP contribution in [0.1, 0.15) is 64.7 Å². The van der Waals surface area contributed by atoms with Gasteiger partial charge in [0.1, 0.15) is 0 Å². The molecule has 0 aliphatic rings. The first-order valence-corrected chi connectivity index (χ1v) is 8.67. The van der Waals surface area contributed by atoms with E-state index in [1.165, 1.54) is 32.1 Å². The summed E-state index contributed by atoms with van der Waals surface area (Å²) in [5, 5.41) is 0. The number of carbonyl (C=O) groups excluding carboxylic acids is 1. The minimum absolute atomic E-state index is 0. The van der Waals surface area contributed by atoms with Crippen LogP contribution in [0.4, 0.5) is 0 Å². The van der Waals surface area contributed by atoms with E-state index >= 15 is 0 Å². The third-order valence-electron chi connectivity index (χ3n) is 2.83. The fourth-order valence-corrected chi connectivity index (χ4v) is 2.13. The van der Waals surface area contributed by atoms with Gasteiger partial charge in [-0.25, -0.2) is 0 Å². The molecule has 0 amide bonds. The topological polar surface area (TPSA) is 80.7 Å². The van der Waals surface area contributed by atoms with Gasteiger partial charge in [-0.05, 0) is 6.42 Å². The molecule has 0 saturated heterocycles. The van der Waals surface area contributed by atoms with Gasteiger partial charge in [0, 0.05) is 29.6 Å². The van der Waals surface area contributed by atoms with Crippen LogP contribution in [0, 0.1) is 0 Å². The molecule has 0 bridgehead atoms. The summed E-state index contributed by atoms with van der Waals surface area (Å²) in [4.78, 5) is 11.1. The number of carbonyl (C=O) groups is 1. The average molecular weight is 317 g/mol. The Morgan fingerprint density at radius 3 is 2.00 bits per heavy atom. The molecule has 0 atom stereocenters. The first-order valence-electron chi connectivity index (χ1n) is 7.06. The van der Waals surface area contributed by atoms with Crippen molar-refractivity contribution in [2.45, 2.75) is 64.7 Å². The van der Waals surface area contributed by atoms with Crippen molar-refractivity contribution in [1.29, 1.82) is 0 Å². The molecule has 5 nitrogen and oxygen atoms in total. The second kappa shape index (κ2) is 14.3. The Morgan fingerprint density at radius 2 is 1.50 bits per heavy atom. The summed E-state index contributed by atoms with van der Waals surface area (Å²) in [5.74, 6) is -1.14. The van der Waals surface area contributed by atoms with E-state index in [1.54, 1.807) is 0 Å². The van der Waals surface area contributed by atoms with E-state index in [0.29, 0.717) is 6.61 Å². The van der Waals surface area contributed by atoms with E-state index in [-0.39, 0.29) is 36.0 Å². The van der Waals surface area contributed by atoms with Crippen LogP contribution < -0.4 is 0 Å². The van der Waals surface area contributed by atoms with Crippen LogP contribution in [-0.4, -0.2) is 60.9 Å². The standard InChI is InChI=1S/C13H26O5S.Na/c1-2-3-4-5-6-7-8-9-11-18-13(14)10-12-19(15,16)17;/h2-12H2,1H3,(H,15,16,17);. The molecule has 0 unspecified atom stereocenters. The number of unbranched alkanes of at least 4 members (excludes halogenated alkanes) is 7. The normalized spacial score (nSPS) is 10.9. The fraction of sp³-hybridized carbons (Fsp3) is 0.923. The molecule has 0 heterocycles. The van der Waals surface area contributed by atoms with Gasteiger partial charge in [0.25, 0.3) is 10.1 Å². The van der Waals surface area contributed by atoms with Gasteiger partial charge in [0.15, 0.2) is 0 Å². The van der Waals surface area contributed by atoms with Crippen molar-refractivity contribution in [3.05, 3.63) is 0 Å². The van der Waals surface area contributed by atoms with Gasteiger partial charge in [0.05, 0.1) is 18.8 Å². The SMILES string of the molecule is CCCCCCCCCCOC(=O)CCS(=O)(=O)O.[Na]. The summed E-state index contributed by atoms with van der Waals surface area (Å²) >= 11 is 0. The van der Waals surface area contributed by atoms with Gasteiger partial charge >= 0.3 is 5.97 Å². The van der Waals surface area contributed by atoms with Crippen LogP contribution >= 0.6 is 0 Å².